The van der Waals surface area contributed by atoms with Crippen LogP contribution in [-0.4, -0.2) is 48.4 Å². The molecule has 0 saturated carbocycles. The third-order valence-electron chi connectivity index (χ3n) is 4.01. The SMILES string of the molecule is COCCNC(=O)c1ccc(NC2CC(C)(C)OC2(C)C)nc1. The summed E-state index contributed by atoms with van der Waals surface area (Å²) in [4.78, 5) is 16.3. The van der Waals surface area contributed by atoms with Gasteiger partial charge in [0.05, 0.1) is 29.4 Å². The highest BCUT2D eigenvalue weighted by Gasteiger charge is 2.45. The first kappa shape index (κ1) is 17.7. The van der Waals surface area contributed by atoms with Crippen LogP contribution in [0.3, 0.4) is 0 Å². The van der Waals surface area contributed by atoms with Crippen molar-refractivity contribution in [3.8, 4) is 0 Å². The normalized spacial score (nSPS) is 21.9. The molecular formula is C17H27N3O3. The topological polar surface area (TPSA) is 72.5 Å². The molecule has 1 aliphatic heterocycles. The summed E-state index contributed by atoms with van der Waals surface area (Å²) in [6.45, 7) is 9.33. The summed E-state index contributed by atoms with van der Waals surface area (Å²) in [5, 5.41) is 6.19. The zero-order chi connectivity index (χ0) is 17.1. The van der Waals surface area contributed by atoms with Crippen molar-refractivity contribution >= 4 is 11.7 Å². The molecule has 6 nitrogen and oxygen atoms in total. The summed E-state index contributed by atoms with van der Waals surface area (Å²) < 4.78 is 11.0. The Labute approximate surface area is 138 Å². The van der Waals surface area contributed by atoms with Crippen LogP contribution in [0.2, 0.25) is 0 Å². The van der Waals surface area contributed by atoms with E-state index in [1.807, 2.05) is 6.07 Å². The molecule has 1 aliphatic rings. The van der Waals surface area contributed by atoms with Crippen molar-refractivity contribution in [3.63, 3.8) is 0 Å². The fourth-order valence-electron chi connectivity index (χ4n) is 2.95. The molecule has 23 heavy (non-hydrogen) atoms. The van der Waals surface area contributed by atoms with E-state index in [0.717, 1.165) is 12.2 Å². The number of rotatable bonds is 6. The van der Waals surface area contributed by atoms with E-state index in [0.29, 0.717) is 18.7 Å². The summed E-state index contributed by atoms with van der Waals surface area (Å²) in [7, 11) is 1.60. The van der Waals surface area contributed by atoms with Crippen LogP contribution in [0.25, 0.3) is 0 Å². The molecule has 128 valence electrons. The van der Waals surface area contributed by atoms with E-state index < -0.39 is 0 Å². The highest BCUT2D eigenvalue weighted by atomic mass is 16.5. The third-order valence-corrected chi connectivity index (χ3v) is 4.01. The minimum atomic E-state index is -0.263. The summed E-state index contributed by atoms with van der Waals surface area (Å²) in [5.41, 5.74) is 0.123. The second kappa shape index (κ2) is 6.84. The summed E-state index contributed by atoms with van der Waals surface area (Å²) in [6, 6.07) is 3.77. The Morgan fingerprint density at radius 3 is 2.65 bits per heavy atom. The van der Waals surface area contributed by atoms with E-state index in [9.17, 15) is 4.79 Å². The molecule has 1 atom stereocenters. The second-order valence-electron chi connectivity index (χ2n) is 7.05. The molecule has 1 aromatic heterocycles. The Kier molecular flexibility index (Phi) is 5.26. The zero-order valence-corrected chi connectivity index (χ0v) is 14.6. The van der Waals surface area contributed by atoms with Gasteiger partial charge in [0.15, 0.2) is 0 Å². The van der Waals surface area contributed by atoms with E-state index in [-0.39, 0.29) is 23.2 Å². The number of anilines is 1. The quantitative estimate of drug-likeness (QED) is 0.786. The van der Waals surface area contributed by atoms with Crippen molar-refractivity contribution < 1.29 is 14.3 Å². The Balaban J connectivity index is 1.96. The van der Waals surface area contributed by atoms with E-state index in [1.165, 1.54) is 0 Å². The van der Waals surface area contributed by atoms with Crippen molar-refractivity contribution in [2.45, 2.75) is 51.4 Å². The van der Waals surface area contributed by atoms with Crippen molar-refractivity contribution in [1.29, 1.82) is 0 Å². The molecule has 1 saturated heterocycles. The first-order valence-electron chi connectivity index (χ1n) is 7.93. The van der Waals surface area contributed by atoms with Crippen LogP contribution in [0, 0.1) is 0 Å². The standard InChI is InChI=1S/C17H27N3O3/c1-16(2)10-13(17(3,4)23-16)20-14-7-6-12(11-19-14)15(21)18-8-9-22-5/h6-7,11,13H,8-10H2,1-5H3,(H,18,21)(H,19,20). The van der Waals surface area contributed by atoms with E-state index in [4.69, 9.17) is 9.47 Å². The predicted molar refractivity (Wildman–Crippen MR) is 89.7 cm³/mol. The molecule has 2 rings (SSSR count). The summed E-state index contributed by atoms with van der Waals surface area (Å²) in [6.07, 6.45) is 2.49. The largest absolute Gasteiger partial charge is 0.383 e. The van der Waals surface area contributed by atoms with E-state index in [2.05, 4.69) is 43.3 Å². The van der Waals surface area contributed by atoms with Gasteiger partial charge in [0.2, 0.25) is 0 Å². The zero-order valence-electron chi connectivity index (χ0n) is 14.6. The molecule has 0 aliphatic carbocycles. The molecule has 2 heterocycles. The summed E-state index contributed by atoms with van der Waals surface area (Å²) in [5.74, 6) is 0.601. The Bertz CT molecular complexity index is 541. The van der Waals surface area contributed by atoms with Gasteiger partial charge >= 0.3 is 0 Å². The number of carbonyl (C=O) groups is 1. The van der Waals surface area contributed by atoms with Crippen LogP contribution in [0.1, 0.15) is 44.5 Å². The molecule has 0 bridgehead atoms. The van der Waals surface area contributed by atoms with Crippen molar-refractivity contribution in [3.05, 3.63) is 23.9 Å². The molecular weight excluding hydrogens is 294 g/mol. The van der Waals surface area contributed by atoms with Crippen LogP contribution in [-0.2, 0) is 9.47 Å². The minimum absolute atomic E-state index is 0.147. The van der Waals surface area contributed by atoms with E-state index in [1.54, 1.807) is 19.4 Å². The van der Waals surface area contributed by atoms with Crippen LogP contribution < -0.4 is 10.6 Å². The Morgan fingerprint density at radius 1 is 1.39 bits per heavy atom. The van der Waals surface area contributed by atoms with Crippen LogP contribution >= 0.6 is 0 Å². The number of methoxy groups -OCH3 is 1. The highest BCUT2D eigenvalue weighted by molar-refractivity contribution is 5.94. The van der Waals surface area contributed by atoms with Gasteiger partial charge < -0.3 is 20.1 Å². The first-order chi connectivity index (χ1) is 10.7. The lowest BCUT2D eigenvalue weighted by Crippen LogP contribution is -2.38. The number of hydrogen-bond acceptors (Lipinski definition) is 5. The molecule has 0 aromatic carbocycles. The molecule has 1 fully saturated rings. The van der Waals surface area contributed by atoms with Crippen molar-refractivity contribution in [2.75, 3.05) is 25.6 Å². The Hall–Kier alpha value is -1.66. The van der Waals surface area contributed by atoms with Crippen molar-refractivity contribution in [1.82, 2.24) is 10.3 Å². The van der Waals surface area contributed by atoms with Gasteiger partial charge in [-0.15, -0.1) is 0 Å². The van der Waals surface area contributed by atoms with Gasteiger partial charge in [-0.25, -0.2) is 4.98 Å². The van der Waals surface area contributed by atoms with Crippen molar-refractivity contribution in [2.24, 2.45) is 0 Å². The van der Waals surface area contributed by atoms with Gasteiger partial charge in [0, 0.05) is 19.9 Å². The maximum Gasteiger partial charge on any atom is 0.252 e. The lowest BCUT2D eigenvalue weighted by Gasteiger charge is -2.28. The fraction of sp³-hybridized carbons (Fsp3) is 0.647. The predicted octanol–water partition coefficient (Wildman–Crippen LogP) is 2.22. The lowest BCUT2D eigenvalue weighted by atomic mass is 9.94. The number of amides is 1. The van der Waals surface area contributed by atoms with Gasteiger partial charge in [-0.05, 0) is 46.2 Å². The minimum Gasteiger partial charge on any atom is -0.383 e. The number of carbonyl (C=O) groups excluding carboxylic acids is 1. The Morgan fingerprint density at radius 2 is 2.13 bits per heavy atom. The van der Waals surface area contributed by atoms with Gasteiger partial charge in [-0.1, -0.05) is 0 Å². The maximum absolute atomic E-state index is 11.9. The maximum atomic E-state index is 11.9. The van der Waals surface area contributed by atoms with Crippen LogP contribution in [0.15, 0.2) is 18.3 Å². The smallest absolute Gasteiger partial charge is 0.252 e. The molecule has 1 aromatic rings. The first-order valence-corrected chi connectivity index (χ1v) is 7.93. The number of aromatic nitrogens is 1. The molecule has 6 heteroatoms. The highest BCUT2D eigenvalue weighted by Crippen LogP contribution is 2.38. The van der Waals surface area contributed by atoms with E-state index >= 15 is 0 Å². The molecule has 2 N–H and O–H groups in total. The number of hydrogen-bond donors (Lipinski definition) is 2. The average molecular weight is 321 g/mol. The van der Waals surface area contributed by atoms with Crippen LogP contribution in [0.4, 0.5) is 5.82 Å². The summed E-state index contributed by atoms with van der Waals surface area (Å²) >= 11 is 0. The molecule has 0 radical (unpaired) electrons. The lowest BCUT2D eigenvalue weighted by molar-refractivity contribution is -0.0662. The van der Waals surface area contributed by atoms with Gasteiger partial charge in [-0.3, -0.25) is 4.79 Å². The molecule has 0 spiro atoms. The monoisotopic (exact) mass is 321 g/mol. The molecule has 1 amide bonds. The van der Waals surface area contributed by atoms with Gasteiger partial charge in [-0.2, -0.15) is 0 Å². The van der Waals surface area contributed by atoms with Crippen LogP contribution in [0.5, 0.6) is 0 Å². The number of pyridine rings is 1. The number of nitrogens with zero attached hydrogens (tertiary/aromatic N) is 1. The van der Waals surface area contributed by atoms with Gasteiger partial charge in [0.25, 0.3) is 5.91 Å². The fourth-order valence-corrected chi connectivity index (χ4v) is 2.95. The number of nitrogens with one attached hydrogen (secondary N) is 2. The third kappa shape index (κ3) is 4.65. The second-order valence-corrected chi connectivity index (χ2v) is 7.05. The molecule has 1 unspecified atom stereocenters. The van der Waals surface area contributed by atoms with Gasteiger partial charge in [0.1, 0.15) is 5.82 Å². The average Bonchev–Trinajstić information content (AvgIpc) is 2.67. The number of ether oxygens (including phenoxy) is 2.